The van der Waals surface area contributed by atoms with Crippen LogP contribution in [0.15, 0.2) is 36.4 Å². The van der Waals surface area contributed by atoms with E-state index in [9.17, 15) is 9.90 Å². The van der Waals surface area contributed by atoms with Gasteiger partial charge in [-0.3, -0.25) is 5.32 Å². The SMILES string of the molecule is CC(C)n1nc(-c2ccccc2)cc1NC(=O)N1CCC[C@@H](CO)C1. The lowest BCUT2D eigenvalue weighted by Gasteiger charge is -2.31. The summed E-state index contributed by atoms with van der Waals surface area (Å²) < 4.78 is 1.84. The summed E-state index contributed by atoms with van der Waals surface area (Å²) in [5.74, 6) is 0.874. The number of benzene rings is 1. The molecule has 0 unspecified atom stereocenters. The first-order valence-electron chi connectivity index (χ1n) is 8.90. The number of piperidine rings is 1. The molecule has 1 aliphatic rings. The van der Waals surface area contributed by atoms with E-state index in [0.29, 0.717) is 12.4 Å². The van der Waals surface area contributed by atoms with Crippen molar-refractivity contribution in [1.29, 1.82) is 0 Å². The quantitative estimate of drug-likeness (QED) is 0.895. The fourth-order valence-electron chi connectivity index (χ4n) is 3.22. The highest BCUT2D eigenvalue weighted by atomic mass is 16.3. The second-order valence-corrected chi connectivity index (χ2v) is 6.89. The van der Waals surface area contributed by atoms with Crippen molar-refractivity contribution in [1.82, 2.24) is 14.7 Å². The number of urea groups is 1. The molecule has 1 aliphatic heterocycles. The van der Waals surface area contributed by atoms with E-state index < -0.39 is 0 Å². The van der Waals surface area contributed by atoms with Gasteiger partial charge in [-0.15, -0.1) is 0 Å². The highest BCUT2D eigenvalue weighted by molar-refractivity contribution is 5.89. The van der Waals surface area contributed by atoms with Crippen LogP contribution in [0.4, 0.5) is 10.6 Å². The first kappa shape index (κ1) is 17.5. The first-order valence-corrected chi connectivity index (χ1v) is 8.90. The molecule has 2 heterocycles. The average Bonchev–Trinajstić information content (AvgIpc) is 3.06. The number of carbonyl (C=O) groups excluding carboxylic acids is 1. The van der Waals surface area contributed by atoms with E-state index in [2.05, 4.69) is 10.4 Å². The summed E-state index contributed by atoms with van der Waals surface area (Å²) >= 11 is 0. The molecular weight excluding hydrogens is 316 g/mol. The minimum atomic E-state index is -0.125. The van der Waals surface area contributed by atoms with Gasteiger partial charge in [-0.1, -0.05) is 30.3 Å². The lowest BCUT2D eigenvalue weighted by molar-refractivity contribution is 0.136. The van der Waals surface area contributed by atoms with E-state index in [1.807, 2.05) is 54.9 Å². The van der Waals surface area contributed by atoms with Crippen molar-refractivity contribution >= 4 is 11.8 Å². The van der Waals surface area contributed by atoms with Crippen LogP contribution in [-0.4, -0.2) is 45.5 Å². The molecule has 0 saturated carbocycles. The Balaban J connectivity index is 1.79. The van der Waals surface area contributed by atoms with Crippen LogP contribution in [0.1, 0.15) is 32.7 Å². The number of likely N-dealkylation sites (tertiary alicyclic amines) is 1. The van der Waals surface area contributed by atoms with Gasteiger partial charge in [0, 0.05) is 37.4 Å². The largest absolute Gasteiger partial charge is 0.396 e. The maximum atomic E-state index is 12.6. The van der Waals surface area contributed by atoms with E-state index in [4.69, 9.17) is 0 Å². The molecule has 25 heavy (non-hydrogen) atoms. The highest BCUT2D eigenvalue weighted by Crippen LogP contribution is 2.25. The van der Waals surface area contributed by atoms with Gasteiger partial charge in [0.1, 0.15) is 5.82 Å². The van der Waals surface area contributed by atoms with E-state index in [0.717, 1.165) is 30.6 Å². The molecule has 2 aromatic rings. The molecule has 0 spiro atoms. The lowest BCUT2D eigenvalue weighted by atomic mass is 9.99. The summed E-state index contributed by atoms with van der Waals surface area (Å²) in [5, 5.41) is 17.0. The van der Waals surface area contributed by atoms with Crippen molar-refractivity contribution in [3.63, 3.8) is 0 Å². The van der Waals surface area contributed by atoms with Gasteiger partial charge in [-0.2, -0.15) is 5.10 Å². The molecule has 3 rings (SSSR count). The van der Waals surface area contributed by atoms with Gasteiger partial charge in [0.2, 0.25) is 0 Å². The molecule has 0 bridgehead atoms. The zero-order valence-corrected chi connectivity index (χ0v) is 14.9. The number of hydrogen-bond acceptors (Lipinski definition) is 3. The minimum Gasteiger partial charge on any atom is -0.396 e. The number of amides is 2. The van der Waals surface area contributed by atoms with Crippen LogP contribution in [0.5, 0.6) is 0 Å². The molecule has 2 N–H and O–H groups in total. The van der Waals surface area contributed by atoms with Crippen molar-refractivity contribution in [2.24, 2.45) is 5.92 Å². The zero-order valence-electron chi connectivity index (χ0n) is 14.9. The number of carbonyl (C=O) groups is 1. The monoisotopic (exact) mass is 342 g/mol. The lowest BCUT2D eigenvalue weighted by Crippen LogP contribution is -2.43. The molecule has 1 aromatic heterocycles. The molecule has 0 aliphatic carbocycles. The van der Waals surface area contributed by atoms with Crippen LogP contribution < -0.4 is 5.32 Å². The smallest absolute Gasteiger partial charge is 0.323 e. The number of rotatable bonds is 4. The molecule has 6 nitrogen and oxygen atoms in total. The van der Waals surface area contributed by atoms with Gasteiger partial charge in [0.25, 0.3) is 0 Å². The van der Waals surface area contributed by atoms with Crippen molar-refractivity contribution < 1.29 is 9.90 Å². The molecule has 1 aromatic carbocycles. The fourth-order valence-corrected chi connectivity index (χ4v) is 3.22. The van der Waals surface area contributed by atoms with Crippen LogP contribution in [0.2, 0.25) is 0 Å². The normalized spacial score (nSPS) is 17.8. The Kier molecular flexibility index (Phi) is 5.38. The maximum absolute atomic E-state index is 12.6. The Bertz CT molecular complexity index is 711. The second-order valence-electron chi connectivity index (χ2n) is 6.89. The van der Waals surface area contributed by atoms with E-state index in [1.165, 1.54) is 0 Å². The van der Waals surface area contributed by atoms with E-state index >= 15 is 0 Å². The van der Waals surface area contributed by atoms with Crippen LogP contribution in [0.3, 0.4) is 0 Å². The second kappa shape index (κ2) is 7.70. The summed E-state index contributed by atoms with van der Waals surface area (Å²) in [5.41, 5.74) is 1.87. The van der Waals surface area contributed by atoms with Gasteiger partial charge < -0.3 is 10.0 Å². The van der Waals surface area contributed by atoms with Crippen molar-refractivity contribution in [3.8, 4) is 11.3 Å². The average molecular weight is 342 g/mol. The number of anilines is 1. The van der Waals surface area contributed by atoms with Crippen LogP contribution >= 0.6 is 0 Å². The number of nitrogens with one attached hydrogen (secondary N) is 1. The van der Waals surface area contributed by atoms with Crippen molar-refractivity contribution in [2.45, 2.75) is 32.7 Å². The van der Waals surface area contributed by atoms with Gasteiger partial charge in [0.05, 0.1) is 5.69 Å². The summed E-state index contributed by atoms with van der Waals surface area (Å²) in [6.07, 6.45) is 1.90. The maximum Gasteiger partial charge on any atom is 0.323 e. The zero-order chi connectivity index (χ0) is 17.8. The molecule has 1 atom stereocenters. The van der Waals surface area contributed by atoms with Gasteiger partial charge in [-0.05, 0) is 32.6 Å². The number of nitrogens with zero attached hydrogens (tertiary/aromatic N) is 3. The Morgan fingerprint density at radius 2 is 2.12 bits per heavy atom. The Labute approximate surface area is 148 Å². The number of hydrogen-bond donors (Lipinski definition) is 2. The third kappa shape index (κ3) is 4.02. The topological polar surface area (TPSA) is 70.4 Å². The molecule has 2 amide bonds. The van der Waals surface area contributed by atoms with Gasteiger partial charge >= 0.3 is 6.03 Å². The molecule has 1 saturated heterocycles. The summed E-state index contributed by atoms with van der Waals surface area (Å²) in [4.78, 5) is 14.4. The number of aliphatic hydroxyl groups excluding tert-OH is 1. The molecule has 1 fully saturated rings. The van der Waals surface area contributed by atoms with Crippen molar-refractivity contribution in [2.75, 3.05) is 25.0 Å². The third-order valence-corrected chi connectivity index (χ3v) is 4.59. The van der Waals surface area contributed by atoms with E-state index in [-0.39, 0.29) is 24.6 Å². The molecule has 134 valence electrons. The minimum absolute atomic E-state index is 0.125. The van der Waals surface area contributed by atoms with Crippen molar-refractivity contribution in [3.05, 3.63) is 36.4 Å². The Morgan fingerprint density at radius 1 is 1.36 bits per heavy atom. The standard InChI is InChI=1S/C19H26N4O2/c1-14(2)23-18(11-17(21-23)16-8-4-3-5-9-16)20-19(25)22-10-6-7-15(12-22)13-24/h3-5,8-9,11,14-15,24H,6-7,10,12-13H2,1-2H3,(H,20,25)/t15-/m1/s1. The first-order chi connectivity index (χ1) is 12.1. The molecule has 6 heteroatoms. The predicted octanol–water partition coefficient (Wildman–Crippen LogP) is 3.37. The highest BCUT2D eigenvalue weighted by Gasteiger charge is 2.24. The molecule has 0 radical (unpaired) electrons. The Morgan fingerprint density at radius 3 is 2.80 bits per heavy atom. The van der Waals surface area contributed by atoms with Crippen LogP contribution in [-0.2, 0) is 0 Å². The number of aliphatic hydroxyl groups is 1. The third-order valence-electron chi connectivity index (χ3n) is 4.59. The van der Waals surface area contributed by atoms with Crippen LogP contribution in [0, 0.1) is 5.92 Å². The summed E-state index contributed by atoms with van der Waals surface area (Å²) in [6, 6.07) is 11.9. The molecular formula is C19H26N4O2. The fraction of sp³-hybridized carbons (Fsp3) is 0.474. The van der Waals surface area contributed by atoms with Gasteiger partial charge in [0.15, 0.2) is 0 Å². The van der Waals surface area contributed by atoms with Crippen LogP contribution in [0.25, 0.3) is 11.3 Å². The summed E-state index contributed by atoms with van der Waals surface area (Å²) in [7, 11) is 0. The Hall–Kier alpha value is -2.34. The van der Waals surface area contributed by atoms with Gasteiger partial charge in [-0.25, -0.2) is 9.48 Å². The number of aromatic nitrogens is 2. The predicted molar refractivity (Wildman–Crippen MR) is 98.4 cm³/mol. The van der Waals surface area contributed by atoms with E-state index in [1.54, 1.807) is 4.90 Å². The summed E-state index contributed by atoms with van der Waals surface area (Å²) in [6.45, 7) is 5.54.